The van der Waals surface area contributed by atoms with Gasteiger partial charge in [0.2, 0.25) is 0 Å². The fourth-order valence-corrected chi connectivity index (χ4v) is 0.882. The highest BCUT2D eigenvalue weighted by molar-refractivity contribution is 5.52. The summed E-state index contributed by atoms with van der Waals surface area (Å²) in [4.78, 5) is 3.90. The standard InChI is InChI=1S/C9H13N3/c1-11-5-2-3-8-4-6-12-9(10)7-8/h2-4,6-7,11H,5H2,1H3,(H2,10,12). The summed E-state index contributed by atoms with van der Waals surface area (Å²) in [6, 6.07) is 3.76. The summed E-state index contributed by atoms with van der Waals surface area (Å²) >= 11 is 0. The summed E-state index contributed by atoms with van der Waals surface area (Å²) in [6.07, 6.45) is 5.75. The molecule has 0 atom stereocenters. The molecule has 0 amide bonds. The quantitative estimate of drug-likeness (QED) is 0.696. The zero-order valence-electron chi connectivity index (χ0n) is 7.12. The SMILES string of the molecule is CNCC=Cc1ccnc(N)c1. The number of hydrogen-bond donors (Lipinski definition) is 2. The molecule has 1 rings (SSSR count). The largest absolute Gasteiger partial charge is 0.384 e. The van der Waals surface area contributed by atoms with Gasteiger partial charge in [-0.1, -0.05) is 12.2 Å². The van der Waals surface area contributed by atoms with Crippen LogP contribution in [-0.2, 0) is 0 Å². The van der Waals surface area contributed by atoms with Crippen molar-refractivity contribution in [3.05, 3.63) is 30.0 Å². The molecule has 3 nitrogen and oxygen atoms in total. The summed E-state index contributed by atoms with van der Waals surface area (Å²) in [5.41, 5.74) is 6.58. The second kappa shape index (κ2) is 4.51. The Morgan fingerprint density at radius 2 is 2.50 bits per heavy atom. The van der Waals surface area contributed by atoms with Gasteiger partial charge in [-0.3, -0.25) is 0 Å². The molecule has 0 aliphatic rings. The van der Waals surface area contributed by atoms with Crippen molar-refractivity contribution in [3.8, 4) is 0 Å². The lowest BCUT2D eigenvalue weighted by molar-refractivity contribution is 0.922. The molecule has 0 fully saturated rings. The van der Waals surface area contributed by atoms with E-state index in [1.807, 2.05) is 31.3 Å². The molecule has 1 aromatic heterocycles. The Bertz CT molecular complexity index is 268. The van der Waals surface area contributed by atoms with Crippen molar-refractivity contribution in [2.24, 2.45) is 0 Å². The first-order valence-corrected chi connectivity index (χ1v) is 3.85. The van der Waals surface area contributed by atoms with Crippen LogP contribution in [0.3, 0.4) is 0 Å². The van der Waals surface area contributed by atoms with E-state index in [1.165, 1.54) is 0 Å². The number of anilines is 1. The maximum absolute atomic E-state index is 5.50. The summed E-state index contributed by atoms with van der Waals surface area (Å²) < 4.78 is 0. The van der Waals surface area contributed by atoms with Crippen LogP contribution in [0.2, 0.25) is 0 Å². The average Bonchev–Trinajstić information content (AvgIpc) is 2.05. The van der Waals surface area contributed by atoms with Crippen LogP contribution >= 0.6 is 0 Å². The lowest BCUT2D eigenvalue weighted by atomic mass is 10.2. The van der Waals surface area contributed by atoms with Crippen LogP contribution in [0.5, 0.6) is 0 Å². The maximum Gasteiger partial charge on any atom is 0.123 e. The van der Waals surface area contributed by atoms with E-state index in [-0.39, 0.29) is 0 Å². The lowest BCUT2D eigenvalue weighted by Crippen LogP contribution is -2.03. The molecular weight excluding hydrogens is 150 g/mol. The first kappa shape index (κ1) is 8.74. The molecule has 0 aliphatic heterocycles. The van der Waals surface area contributed by atoms with Crippen molar-refractivity contribution in [1.82, 2.24) is 10.3 Å². The first-order chi connectivity index (χ1) is 5.83. The van der Waals surface area contributed by atoms with Gasteiger partial charge in [-0.15, -0.1) is 0 Å². The molecule has 64 valence electrons. The van der Waals surface area contributed by atoms with Crippen molar-refractivity contribution >= 4 is 11.9 Å². The van der Waals surface area contributed by atoms with Gasteiger partial charge >= 0.3 is 0 Å². The molecule has 0 spiro atoms. The first-order valence-electron chi connectivity index (χ1n) is 3.85. The highest BCUT2D eigenvalue weighted by atomic mass is 14.8. The van der Waals surface area contributed by atoms with Gasteiger partial charge in [-0.25, -0.2) is 4.98 Å². The third-order valence-corrected chi connectivity index (χ3v) is 1.44. The number of nitrogen functional groups attached to an aromatic ring is 1. The van der Waals surface area contributed by atoms with Gasteiger partial charge in [-0.2, -0.15) is 0 Å². The molecule has 0 saturated carbocycles. The molecule has 0 radical (unpaired) electrons. The van der Waals surface area contributed by atoms with Crippen LogP contribution in [-0.4, -0.2) is 18.6 Å². The minimum Gasteiger partial charge on any atom is -0.384 e. The second-order valence-electron chi connectivity index (χ2n) is 2.47. The summed E-state index contributed by atoms with van der Waals surface area (Å²) in [6.45, 7) is 0.863. The summed E-state index contributed by atoms with van der Waals surface area (Å²) in [7, 11) is 1.91. The van der Waals surface area contributed by atoms with E-state index in [0.29, 0.717) is 5.82 Å². The molecule has 0 bridgehead atoms. The Balaban J connectivity index is 2.63. The number of hydrogen-bond acceptors (Lipinski definition) is 3. The number of rotatable bonds is 3. The third kappa shape index (κ3) is 2.72. The Morgan fingerprint density at radius 1 is 1.67 bits per heavy atom. The zero-order chi connectivity index (χ0) is 8.81. The molecule has 0 unspecified atom stereocenters. The minimum absolute atomic E-state index is 0.557. The maximum atomic E-state index is 5.50. The number of pyridine rings is 1. The monoisotopic (exact) mass is 163 g/mol. The molecule has 0 aliphatic carbocycles. The minimum atomic E-state index is 0.557. The van der Waals surface area contributed by atoms with E-state index in [2.05, 4.69) is 10.3 Å². The molecule has 3 heteroatoms. The highest BCUT2D eigenvalue weighted by Gasteiger charge is 1.87. The zero-order valence-corrected chi connectivity index (χ0v) is 7.12. The van der Waals surface area contributed by atoms with Gasteiger partial charge in [0.25, 0.3) is 0 Å². The summed E-state index contributed by atoms with van der Waals surface area (Å²) in [5.74, 6) is 0.557. The van der Waals surface area contributed by atoms with Crippen LogP contribution in [0.25, 0.3) is 6.08 Å². The fraction of sp³-hybridized carbons (Fsp3) is 0.222. The Hall–Kier alpha value is -1.35. The number of nitrogens with two attached hydrogens (primary N) is 1. The van der Waals surface area contributed by atoms with E-state index in [1.54, 1.807) is 6.20 Å². The predicted octanol–water partition coefficient (Wildman–Crippen LogP) is 0.896. The molecule has 3 N–H and O–H groups in total. The van der Waals surface area contributed by atoms with E-state index in [9.17, 15) is 0 Å². The van der Waals surface area contributed by atoms with Gasteiger partial charge in [0.1, 0.15) is 5.82 Å². The van der Waals surface area contributed by atoms with Gasteiger partial charge in [0, 0.05) is 12.7 Å². The van der Waals surface area contributed by atoms with Gasteiger partial charge in [0.15, 0.2) is 0 Å². The van der Waals surface area contributed by atoms with Crippen LogP contribution in [0.15, 0.2) is 24.4 Å². The number of likely N-dealkylation sites (N-methyl/N-ethyl adjacent to an activating group) is 1. The van der Waals surface area contributed by atoms with Gasteiger partial charge in [-0.05, 0) is 24.7 Å². The molecule has 0 saturated heterocycles. The molecule has 1 aromatic rings. The highest BCUT2D eigenvalue weighted by Crippen LogP contribution is 2.04. The number of nitrogens with zero attached hydrogens (tertiary/aromatic N) is 1. The van der Waals surface area contributed by atoms with Crippen LogP contribution < -0.4 is 11.1 Å². The van der Waals surface area contributed by atoms with E-state index >= 15 is 0 Å². The van der Waals surface area contributed by atoms with Gasteiger partial charge in [0.05, 0.1) is 0 Å². The van der Waals surface area contributed by atoms with Crippen LogP contribution in [0.4, 0.5) is 5.82 Å². The second-order valence-corrected chi connectivity index (χ2v) is 2.47. The van der Waals surface area contributed by atoms with Gasteiger partial charge < -0.3 is 11.1 Å². The Kier molecular flexibility index (Phi) is 3.29. The lowest BCUT2D eigenvalue weighted by Gasteiger charge is -1.94. The molecular formula is C9H13N3. The van der Waals surface area contributed by atoms with E-state index < -0.39 is 0 Å². The van der Waals surface area contributed by atoms with Crippen molar-refractivity contribution < 1.29 is 0 Å². The predicted molar refractivity (Wildman–Crippen MR) is 51.6 cm³/mol. The van der Waals surface area contributed by atoms with Crippen LogP contribution in [0, 0.1) is 0 Å². The smallest absolute Gasteiger partial charge is 0.123 e. The summed E-state index contributed by atoms with van der Waals surface area (Å²) in [5, 5.41) is 3.02. The number of nitrogens with one attached hydrogen (secondary N) is 1. The Labute approximate surface area is 72.3 Å². The average molecular weight is 163 g/mol. The van der Waals surface area contributed by atoms with Crippen molar-refractivity contribution in [2.45, 2.75) is 0 Å². The topological polar surface area (TPSA) is 50.9 Å². The molecule has 0 aromatic carbocycles. The van der Waals surface area contributed by atoms with Crippen molar-refractivity contribution in [3.63, 3.8) is 0 Å². The normalized spacial score (nSPS) is 10.8. The molecule has 1 heterocycles. The molecule has 12 heavy (non-hydrogen) atoms. The number of aromatic nitrogens is 1. The van der Waals surface area contributed by atoms with E-state index in [4.69, 9.17) is 5.73 Å². The van der Waals surface area contributed by atoms with E-state index in [0.717, 1.165) is 12.1 Å². The van der Waals surface area contributed by atoms with Crippen LogP contribution in [0.1, 0.15) is 5.56 Å². The van der Waals surface area contributed by atoms with Crippen molar-refractivity contribution in [1.29, 1.82) is 0 Å². The Morgan fingerprint density at radius 3 is 3.17 bits per heavy atom. The fourth-order valence-electron chi connectivity index (χ4n) is 0.882. The third-order valence-electron chi connectivity index (χ3n) is 1.44. The van der Waals surface area contributed by atoms with Crippen molar-refractivity contribution in [2.75, 3.05) is 19.3 Å².